The number of amides is 1. The summed E-state index contributed by atoms with van der Waals surface area (Å²) in [5.74, 6) is -1.54. The Labute approximate surface area is 209 Å². The van der Waals surface area contributed by atoms with Crippen molar-refractivity contribution in [2.75, 3.05) is 6.54 Å². The van der Waals surface area contributed by atoms with Crippen LogP contribution in [0.1, 0.15) is 22.7 Å². The number of aliphatic hydroxyl groups excluding tert-OH is 1. The van der Waals surface area contributed by atoms with Crippen LogP contribution in [0.4, 0.5) is 0 Å². The summed E-state index contributed by atoms with van der Waals surface area (Å²) in [6.45, 7) is 0.320. The molecule has 34 heavy (non-hydrogen) atoms. The zero-order valence-corrected chi connectivity index (χ0v) is 20.3. The van der Waals surface area contributed by atoms with Gasteiger partial charge in [-0.15, -0.1) is 0 Å². The molecule has 0 saturated carbocycles. The number of hydrogen-bond donors (Lipinski definition) is 2. The van der Waals surface area contributed by atoms with Gasteiger partial charge in [-0.05, 0) is 60.0 Å². The van der Waals surface area contributed by atoms with Crippen molar-refractivity contribution in [2.45, 2.75) is 12.5 Å². The molecular formula is C27H20BrClN2O3. The normalized spacial score (nSPS) is 17.6. The fourth-order valence-corrected chi connectivity index (χ4v) is 5.02. The molecule has 0 spiro atoms. The molecular weight excluding hydrogens is 516 g/mol. The van der Waals surface area contributed by atoms with Gasteiger partial charge < -0.3 is 15.0 Å². The number of rotatable bonds is 5. The summed E-state index contributed by atoms with van der Waals surface area (Å²) in [7, 11) is 0. The number of fused-ring (bicyclic) bond motifs is 1. The molecule has 1 aliphatic heterocycles. The number of nitrogens with one attached hydrogen (secondary N) is 1. The van der Waals surface area contributed by atoms with E-state index in [-0.39, 0.29) is 11.3 Å². The number of likely N-dealkylation sites (tertiary alicyclic amines) is 1. The zero-order chi connectivity index (χ0) is 23.8. The lowest BCUT2D eigenvalue weighted by Crippen LogP contribution is -2.31. The van der Waals surface area contributed by atoms with Crippen molar-refractivity contribution < 1.29 is 14.7 Å². The minimum Gasteiger partial charge on any atom is -0.507 e. The van der Waals surface area contributed by atoms with E-state index >= 15 is 0 Å². The van der Waals surface area contributed by atoms with E-state index in [2.05, 4.69) is 20.9 Å². The van der Waals surface area contributed by atoms with Gasteiger partial charge in [0.1, 0.15) is 5.76 Å². The number of aromatic amines is 1. The van der Waals surface area contributed by atoms with Crippen molar-refractivity contribution in [1.82, 2.24) is 9.88 Å². The van der Waals surface area contributed by atoms with E-state index in [4.69, 9.17) is 11.6 Å². The van der Waals surface area contributed by atoms with Crippen LogP contribution in [0.2, 0.25) is 5.02 Å². The Balaban J connectivity index is 1.57. The fourth-order valence-electron chi connectivity index (χ4n) is 4.48. The van der Waals surface area contributed by atoms with Crippen LogP contribution < -0.4 is 0 Å². The van der Waals surface area contributed by atoms with Gasteiger partial charge in [0.2, 0.25) is 0 Å². The summed E-state index contributed by atoms with van der Waals surface area (Å²) in [6, 6.07) is 21.2. The van der Waals surface area contributed by atoms with Crippen molar-refractivity contribution in [3.05, 3.63) is 111 Å². The number of carbonyl (C=O) groups excluding carboxylic acids is 2. The van der Waals surface area contributed by atoms with Crippen LogP contribution in [0.5, 0.6) is 0 Å². The van der Waals surface area contributed by atoms with Gasteiger partial charge in [-0.2, -0.15) is 0 Å². The topological polar surface area (TPSA) is 73.4 Å². The van der Waals surface area contributed by atoms with E-state index in [1.165, 1.54) is 0 Å². The molecule has 0 bridgehead atoms. The number of Topliss-reactive ketones (excluding diaryl/α,β-unsaturated/α-hetero) is 1. The Morgan fingerprint density at radius 2 is 1.79 bits per heavy atom. The number of para-hydroxylation sites is 1. The van der Waals surface area contributed by atoms with E-state index in [0.29, 0.717) is 23.6 Å². The van der Waals surface area contributed by atoms with Gasteiger partial charge in [-0.3, -0.25) is 9.59 Å². The third kappa shape index (κ3) is 4.04. The predicted octanol–water partition coefficient (Wildman–Crippen LogP) is 6.25. The van der Waals surface area contributed by atoms with Crippen LogP contribution in [0, 0.1) is 0 Å². The Hall–Kier alpha value is -3.35. The number of carbonyl (C=O) groups is 2. The smallest absolute Gasteiger partial charge is 0.295 e. The Morgan fingerprint density at radius 3 is 2.56 bits per heavy atom. The molecule has 170 valence electrons. The first-order valence-electron chi connectivity index (χ1n) is 10.8. The molecule has 1 aromatic heterocycles. The van der Waals surface area contributed by atoms with Gasteiger partial charge in [0.25, 0.3) is 11.7 Å². The van der Waals surface area contributed by atoms with Crippen LogP contribution in [0.25, 0.3) is 16.7 Å². The Morgan fingerprint density at radius 1 is 1.03 bits per heavy atom. The lowest BCUT2D eigenvalue weighted by atomic mass is 9.95. The van der Waals surface area contributed by atoms with E-state index in [9.17, 15) is 14.7 Å². The van der Waals surface area contributed by atoms with Crippen molar-refractivity contribution in [1.29, 1.82) is 0 Å². The molecule has 0 aliphatic carbocycles. The molecule has 1 fully saturated rings. The quantitative estimate of drug-likeness (QED) is 0.180. The number of hydrogen-bond acceptors (Lipinski definition) is 3. The number of nitrogens with zero attached hydrogens (tertiary/aromatic N) is 1. The first-order valence-corrected chi connectivity index (χ1v) is 12.0. The second-order valence-electron chi connectivity index (χ2n) is 8.16. The van der Waals surface area contributed by atoms with Crippen LogP contribution in [-0.4, -0.2) is 33.2 Å². The minimum atomic E-state index is -0.710. The summed E-state index contributed by atoms with van der Waals surface area (Å²) in [4.78, 5) is 31.2. The molecule has 2 N–H and O–H groups in total. The number of aromatic nitrogens is 1. The van der Waals surface area contributed by atoms with Crippen molar-refractivity contribution in [2.24, 2.45) is 0 Å². The summed E-state index contributed by atoms with van der Waals surface area (Å²) in [6.07, 6.45) is 2.49. The molecule has 4 aromatic rings. The number of ketones is 1. The standard InChI is InChI=1S/C27H20BrClN2O3/c28-19-5-3-4-17(14-19)24-23(25(32)16-8-10-20(29)11-9-16)26(33)27(34)31(24)13-12-18-15-30-22-7-2-1-6-21(18)22/h1-11,14-15,24,30,32H,12-13H2/b25-23+. The molecule has 1 aliphatic rings. The Bertz CT molecular complexity index is 1440. The third-order valence-electron chi connectivity index (χ3n) is 6.12. The number of aliphatic hydroxyl groups is 1. The maximum atomic E-state index is 13.2. The monoisotopic (exact) mass is 534 g/mol. The second-order valence-corrected chi connectivity index (χ2v) is 9.52. The van der Waals surface area contributed by atoms with E-state index in [1.54, 1.807) is 29.2 Å². The average molecular weight is 536 g/mol. The van der Waals surface area contributed by atoms with E-state index in [0.717, 1.165) is 26.5 Å². The molecule has 1 saturated heterocycles. The first kappa shape index (κ1) is 22.4. The molecule has 1 amide bonds. The largest absolute Gasteiger partial charge is 0.507 e. The number of halogens is 2. The molecule has 2 heterocycles. The van der Waals surface area contributed by atoms with Crippen molar-refractivity contribution >= 4 is 55.9 Å². The highest BCUT2D eigenvalue weighted by Gasteiger charge is 2.45. The molecule has 1 unspecified atom stereocenters. The highest BCUT2D eigenvalue weighted by atomic mass is 79.9. The van der Waals surface area contributed by atoms with Gasteiger partial charge in [0.05, 0.1) is 11.6 Å². The number of H-pyrrole nitrogens is 1. The number of benzene rings is 3. The zero-order valence-electron chi connectivity index (χ0n) is 18.0. The summed E-state index contributed by atoms with van der Waals surface area (Å²) in [5.41, 5.74) is 3.32. The average Bonchev–Trinajstić information content (AvgIpc) is 3.36. The molecule has 0 radical (unpaired) electrons. The maximum Gasteiger partial charge on any atom is 0.295 e. The van der Waals surface area contributed by atoms with Crippen LogP contribution in [0.15, 0.2) is 89.0 Å². The summed E-state index contributed by atoms with van der Waals surface area (Å²) in [5, 5.41) is 12.7. The summed E-state index contributed by atoms with van der Waals surface area (Å²) < 4.78 is 0.818. The van der Waals surface area contributed by atoms with Gasteiger partial charge in [0.15, 0.2) is 0 Å². The van der Waals surface area contributed by atoms with Gasteiger partial charge in [-0.25, -0.2) is 0 Å². The predicted molar refractivity (Wildman–Crippen MR) is 137 cm³/mol. The van der Waals surface area contributed by atoms with E-state index < -0.39 is 17.7 Å². The van der Waals surface area contributed by atoms with Crippen molar-refractivity contribution in [3.8, 4) is 0 Å². The van der Waals surface area contributed by atoms with Gasteiger partial charge >= 0.3 is 0 Å². The van der Waals surface area contributed by atoms with E-state index in [1.807, 2.05) is 54.7 Å². The Kier molecular flexibility index (Phi) is 6.02. The van der Waals surface area contributed by atoms with Crippen LogP contribution >= 0.6 is 27.5 Å². The van der Waals surface area contributed by atoms with Gasteiger partial charge in [0, 0.05) is 38.7 Å². The molecule has 5 nitrogen and oxygen atoms in total. The highest BCUT2D eigenvalue weighted by molar-refractivity contribution is 9.10. The molecule has 7 heteroatoms. The summed E-state index contributed by atoms with van der Waals surface area (Å²) >= 11 is 9.47. The minimum absolute atomic E-state index is 0.0735. The van der Waals surface area contributed by atoms with Crippen LogP contribution in [-0.2, 0) is 16.0 Å². The lowest BCUT2D eigenvalue weighted by molar-refractivity contribution is -0.139. The van der Waals surface area contributed by atoms with Gasteiger partial charge in [-0.1, -0.05) is 57.9 Å². The second kappa shape index (κ2) is 9.12. The highest BCUT2D eigenvalue weighted by Crippen LogP contribution is 2.40. The third-order valence-corrected chi connectivity index (χ3v) is 6.86. The maximum absolute atomic E-state index is 13.2. The molecule has 3 aromatic carbocycles. The SMILES string of the molecule is O=C1C(=O)N(CCc2c[nH]c3ccccc23)C(c2cccc(Br)c2)/C1=C(\O)c1ccc(Cl)cc1. The van der Waals surface area contributed by atoms with Crippen LogP contribution in [0.3, 0.4) is 0 Å². The molecule has 5 rings (SSSR count). The fraction of sp³-hybridized carbons (Fsp3) is 0.111. The first-order chi connectivity index (χ1) is 16.4. The molecule has 1 atom stereocenters. The van der Waals surface area contributed by atoms with Crippen molar-refractivity contribution in [3.63, 3.8) is 0 Å². The lowest BCUT2D eigenvalue weighted by Gasteiger charge is -2.25.